The molecule has 2 atom stereocenters. The second-order valence-electron chi connectivity index (χ2n) is 8.16. The van der Waals surface area contributed by atoms with E-state index in [4.69, 9.17) is 19.0 Å². The lowest BCUT2D eigenvalue weighted by Crippen LogP contribution is -2.48. The fourth-order valence-corrected chi connectivity index (χ4v) is 3.94. The van der Waals surface area contributed by atoms with Gasteiger partial charge in [0.2, 0.25) is 12.3 Å². The van der Waals surface area contributed by atoms with Gasteiger partial charge in [-0.3, -0.25) is 18.9 Å². The second-order valence-corrected chi connectivity index (χ2v) is 9.40. The molecule has 1 heterocycles. The van der Waals surface area contributed by atoms with Gasteiger partial charge in [-0.05, 0) is 25.0 Å². The molecule has 0 saturated heterocycles. The van der Waals surface area contributed by atoms with E-state index >= 15 is 0 Å². The maximum Gasteiger partial charge on any atom is 0.471 e. The number of rotatable bonds is 17. The minimum atomic E-state index is -4.80. The van der Waals surface area contributed by atoms with Crippen LogP contribution in [0.1, 0.15) is 56.5 Å². The molecule has 0 aliphatic heterocycles. The van der Waals surface area contributed by atoms with Crippen molar-refractivity contribution in [1.29, 1.82) is 0 Å². The number of nitrogens with one attached hydrogen (secondary N) is 2. The van der Waals surface area contributed by atoms with Crippen molar-refractivity contribution in [2.75, 3.05) is 13.5 Å². The maximum atomic E-state index is 13.1. The summed E-state index contributed by atoms with van der Waals surface area (Å²) in [6.07, 6.45) is 3.57. The summed E-state index contributed by atoms with van der Waals surface area (Å²) in [5.41, 5.74) is 0.823. The van der Waals surface area contributed by atoms with Crippen molar-refractivity contribution in [2.24, 2.45) is 5.92 Å². The molecule has 0 fully saturated rings. The van der Waals surface area contributed by atoms with Gasteiger partial charge in [-0.15, -0.1) is 0 Å². The number of amides is 3. The molecule has 13 heteroatoms. The number of carbonyl (C=O) groups excluding carboxylic acids is 3. The Hall–Kier alpha value is -3.02. The van der Waals surface area contributed by atoms with Gasteiger partial charge in [-0.25, -0.2) is 14.5 Å². The molecule has 4 N–H and O–H groups in total. The van der Waals surface area contributed by atoms with Crippen molar-refractivity contribution in [3.8, 4) is 11.3 Å². The molecule has 0 bridgehead atoms. The van der Waals surface area contributed by atoms with Crippen LogP contribution in [0.2, 0.25) is 0 Å². The molecule has 2 aromatic rings. The van der Waals surface area contributed by atoms with Crippen LogP contribution in [-0.4, -0.2) is 52.6 Å². The van der Waals surface area contributed by atoms with Gasteiger partial charge >= 0.3 is 7.82 Å². The van der Waals surface area contributed by atoms with Crippen molar-refractivity contribution >= 4 is 26.0 Å². The molecule has 37 heavy (non-hydrogen) atoms. The second kappa shape index (κ2) is 15.3. The first-order valence-corrected chi connectivity index (χ1v) is 13.5. The molecule has 1 aromatic heterocycles. The molecule has 0 saturated carbocycles. The lowest BCUT2D eigenvalue weighted by Gasteiger charge is -2.32. The van der Waals surface area contributed by atoms with Crippen molar-refractivity contribution in [3.05, 3.63) is 48.2 Å². The van der Waals surface area contributed by atoms with Crippen LogP contribution < -0.4 is 10.6 Å². The van der Waals surface area contributed by atoms with E-state index in [0.29, 0.717) is 31.4 Å². The van der Waals surface area contributed by atoms with Gasteiger partial charge in [0, 0.05) is 5.56 Å². The van der Waals surface area contributed by atoms with E-state index in [9.17, 15) is 18.9 Å². The first kappa shape index (κ1) is 30.2. The third kappa shape index (κ3) is 10.1. The molecule has 0 spiro atoms. The molecule has 204 valence electrons. The van der Waals surface area contributed by atoms with Gasteiger partial charge in [0.15, 0.2) is 12.6 Å². The highest BCUT2D eigenvalue weighted by Crippen LogP contribution is 2.35. The van der Waals surface area contributed by atoms with Crippen molar-refractivity contribution < 1.29 is 42.5 Å². The molecule has 0 aliphatic carbocycles. The number of hydrogen-bond donors (Lipinski definition) is 4. The zero-order valence-corrected chi connectivity index (χ0v) is 21.8. The van der Waals surface area contributed by atoms with Gasteiger partial charge in [-0.1, -0.05) is 63.4 Å². The molecular weight excluding hydrogens is 505 g/mol. The highest BCUT2D eigenvalue weighted by Gasteiger charge is 2.32. The number of phosphoric acid groups is 1. The standard InChI is InChI=1S/C24H34N3O9P/c1-3-5-7-12-19(20(4-2)27(16-28)34-17-35-37(31,32)33)23(29)25-15-26-24(30)22-14-13-21(36-22)18-10-8-6-9-11-18/h6,8-11,13-14,16,19-20H,3-5,7,12,15,17H2,1-2H3,(H,25,29)(H,26,30)(H2,31,32,33). The van der Waals surface area contributed by atoms with Crippen LogP contribution in [0.25, 0.3) is 11.3 Å². The lowest BCUT2D eigenvalue weighted by molar-refractivity contribution is -0.221. The van der Waals surface area contributed by atoms with E-state index < -0.39 is 38.4 Å². The molecule has 2 rings (SSSR count). The third-order valence-corrected chi connectivity index (χ3v) is 6.03. The molecule has 2 unspecified atom stereocenters. The zero-order valence-electron chi connectivity index (χ0n) is 20.9. The van der Waals surface area contributed by atoms with Crippen LogP contribution >= 0.6 is 7.82 Å². The molecule has 12 nitrogen and oxygen atoms in total. The highest BCUT2D eigenvalue weighted by atomic mass is 31.2. The summed E-state index contributed by atoms with van der Waals surface area (Å²) in [4.78, 5) is 59.9. The van der Waals surface area contributed by atoms with Crippen LogP contribution in [0, 0.1) is 5.92 Å². The molecule has 0 aliphatic rings. The van der Waals surface area contributed by atoms with E-state index in [2.05, 4.69) is 15.2 Å². The number of unbranched alkanes of at least 4 members (excludes halogenated alkanes) is 2. The molecule has 0 radical (unpaired) electrons. The van der Waals surface area contributed by atoms with Crippen LogP contribution in [0.5, 0.6) is 0 Å². The number of carbonyl (C=O) groups is 3. The topological polar surface area (TPSA) is 168 Å². The van der Waals surface area contributed by atoms with Gasteiger partial charge in [0.25, 0.3) is 5.91 Å². The maximum absolute atomic E-state index is 13.1. The number of hydrogen-bond acceptors (Lipinski definition) is 7. The SMILES string of the molecule is CCCCCC(C(=O)NCNC(=O)c1ccc(-c2ccccc2)o1)C(CC)N(C=O)OCOP(=O)(O)O. The monoisotopic (exact) mass is 539 g/mol. The summed E-state index contributed by atoms with van der Waals surface area (Å²) in [6, 6.07) is 11.8. The Morgan fingerprint density at radius 2 is 1.84 bits per heavy atom. The number of furan rings is 1. The molecular formula is C24H34N3O9P. The first-order valence-electron chi connectivity index (χ1n) is 12.0. The fraction of sp³-hybridized carbons (Fsp3) is 0.458. The smallest absolute Gasteiger partial charge is 0.451 e. The van der Waals surface area contributed by atoms with Crippen molar-refractivity contribution in [2.45, 2.75) is 52.0 Å². The summed E-state index contributed by atoms with van der Waals surface area (Å²) in [6.45, 7) is 2.72. The van der Waals surface area contributed by atoms with Gasteiger partial charge in [0.1, 0.15) is 5.76 Å². The van der Waals surface area contributed by atoms with E-state index in [1.807, 2.05) is 37.3 Å². The minimum Gasteiger partial charge on any atom is -0.451 e. The summed E-state index contributed by atoms with van der Waals surface area (Å²) >= 11 is 0. The Morgan fingerprint density at radius 1 is 1.11 bits per heavy atom. The predicted octanol–water partition coefficient (Wildman–Crippen LogP) is 3.18. The quantitative estimate of drug-likeness (QED) is 0.0776. The highest BCUT2D eigenvalue weighted by molar-refractivity contribution is 7.46. The fourth-order valence-electron chi connectivity index (χ4n) is 3.76. The number of phosphoric ester groups is 1. The Labute approximate surface area is 215 Å². The average molecular weight is 540 g/mol. The number of nitrogens with zero attached hydrogens (tertiary/aromatic N) is 1. The Balaban J connectivity index is 1.99. The Morgan fingerprint density at radius 3 is 2.46 bits per heavy atom. The number of benzene rings is 1. The van der Waals surface area contributed by atoms with E-state index in [-0.39, 0.29) is 12.4 Å². The van der Waals surface area contributed by atoms with Gasteiger partial charge in [-0.2, -0.15) is 0 Å². The van der Waals surface area contributed by atoms with E-state index in [1.165, 1.54) is 0 Å². The van der Waals surface area contributed by atoms with Crippen LogP contribution in [0.3, 0.4) is 0 Å². The van der Waals surface area contributed by atoms with Gasteiger partial charge < -0.3 is 24.8 Å². The summed E-state index contributed by atoms with van der Waals surface area (Å²) in [5.74, 6) is -1.01. The number of hydroxylamine groups is 2. The van der Waals surface area contributed by atoms with Gasteiger partial charge in [0.05, 0.1) is 18.6 Å². The first-order chi connectivity index (χ1) is 17.7. The Kier molecular flexibility index (Phi) is 12.5. The van der Waals surface area contributed by atoms with Crippen LogP contribution in [-0.2, 0) is 23.5 Å². The third-order valence-electron chi connectivity index (χ3n) is 5.59. The summed E-state index contributed by atoms with van der Waals surface area (Å²) < 4.78 is 20.7. The predicted molar refractivity (Wildman–Crippen MR) is 133 cm³/mol. The van der Waals surface area contributed by atoms with E-state index in [0.717, 1.165) is 23.5 Å². The summed E-state index contributed by atoms with van der Waals surface area (Å²) in [5, 5.41) is 6.07. The van der Waals surface area contributed by atoms with Crippen molar-refractivity contribution in [3.63, 3.8) is 0 Å². The minimum absolute atomic E-state index is 0.0876. The molecule has 1 aromatic carbocycles. The van der Waals surface area contributed by atoms with Crippen LogP contribution in [0.4, 0.5) is 0 Å². The zero-order chi connectivity index (χ0) is 27.3. The normalized spacial score (nSPS) is 13.0. The Bertz CT molecular complexity index is 1040. The van der Waals surface area contributed by atoms with E-state index in [1.54, 1.807) is 19.1 Å². The molecule has 3 amide bonds. The summed E-state index contributed by atoms with van der Waals surface area (Å²) in [7, 11) is -4.80. The largest absolute Gasteiger partial charge is 0.471 e. The van der Waals surface area contributed by atoms with Crippen LogP contribution in [0.15, 0.2) is 46.9 Å². The average Bonchev–Trinajstić information content (AvgIpc) is 3.37. The lowest BCUT2D eigenvalue weighted by atomic mass is 9.90. The van der Waals surface area contributed by atoms with Crippen molar-refractivity contribution in [1.82, 2.24) is 15.7 Å².